The SMILES string of the molecule is Cc1cc(NC(=O)c2cccc(-c3ccccc3)c2Cl)ccc1CNCC(O)CC(=O)O. The highest BCUT2D eigenvalue weighted by atomic mass is 35.5. The molecule has 0 aliphatic carbocycles. The molecule has 0 saturated heterocycles. The van der Waals surface area contributed by atoms with Crippen molar-refractivity contribution in [2.75, 3.05) is 11.9 Å². The Morgan fingerprint density at radius 3 is 2.47 bits per heavy atom. The summed E-state index contributed by atoms with van der Waals surface area (Å²) in [5.41, 5.74) is 4.70. The van der Waals surface area contributed by atoms with E-state index in [-0.39, 0.29) is 18.9 Å². The van der Waals surface area contributed by atoms with E-state index in [0.29, 0.717) is 22.8 Å². The number of rotatable bonds is 9. The van der Waals surface area contributed by atoms with Gasteiger partial charge in [-0.3, -0.25) is 9.59 Å². The predicted molar refractivity (Wildman–Crippen MR) is 126 cm³/mol. The normalized spacial score (nSPS) is 11.7. The van der Waals surface area contributed by atoms with Crippen molar-refractivity contribution in [2.24, 2.45) is 0 Å². The van der Waals surface area contributed by atoms with Crippen LogP contribution in [0.1, 0.15) is 27.9 Å². The Labute approximate surface area is 191 Å². The Kier molecular flexibility index (Phi) is 8.00. The maximum atomic E-state index is 12.9. The third kappa shape index (κ3) is 6.17. The lowest BCUT2D eigenvalue weighted by molar-refractivity contribution is -0.139. The number of amides is 1. The molecular formula is C25H25ClN2O4. The fourth-order valence-corrected chi connectivity index (χ4v) is 3.69. The van der Waals surface area contributed by atoms with Gasteiger partial charge in [0.2, 0.25) is 0 Å². The molecule has 0 saturated carbocycles. The van der Waals surface area contributed by atoms with Gasteiger partial charge in [0.15, 0.2) is 0 Å². The van der Waals surface area contributed by atoms with E-state index in [0.717, 1.165) is 22.3 Å². The van der Waals surface area contributed by atoms with Crippen LogP contribution in [0.25, 0.3) is 11.1 Å². The molecule has 1 unspecified atom stereocenters. The van der Waals surface area contributed by atoms with Crippen molar-refractivity contribution >= 4 is 29.2 Å². The van der Waals surface area contributed by atoms with Crippen LogP contribution in [0.5, 0.6) is 0 Å². The van der Waals surface area contributed by atoms with Crippen molar-refractivity contribution in [3.8, 4) is 11.1 Å². The van der Waals surface area contributed by atoms with Gasteiger partial charge in [-0.2, -0.15) is 0 Å². The van der Waals surface area contributed by atoms with E-state index in [9.17, 15) is 14.7 Å². The van der Waals surface area contributed by atoms with E-state index in [4.69, 9.17) is 16.7 Å². The van der Waals surface area contributed by atoms with Crippen LogP contribution in [0.3, 0.4) is 0 Å². The molecule has 7 heteroatoms. The summed E-state index contributed by atoms with van der Waals surface area (Å²) in [4.78, 5) is 23.5. The van der Waals surface area contributed by atoms with Crippen LogP contribution in [0, 0.1) is 6.92 Å². The van der Waals surface area contributed by atoms with Gasteiger partial charge in [0.25, 0.3) is 5.91 Å². The average Bonchev–Trinajstić information content (AvgIpc) is 2.75. The first-order chi connectivity index (χ1) is 15.3. The first kappa shape index (κ1) is 23.5. The molecule has 0 bridgehead atoms. The van der Waals surface area contributed by atoms with Gasteiger partial charge in [-0.1, -0.05) is 60.1 Å². The number of aryl methyl sites for hydroxylation is 1. The highest BCUT2D eigenvalue weighted by molar-refractivity contribution is 6.37. The summed E-state index contributed by atoms with van der Waals surface area (Å²) >= 11 is 6.55. The summed E-state index contributed by atoms with van der Waals surface area (Å²) in [7, 11) is 0. The van der Waals surface area contributed by atoms with Crippen LogP contribution in [-0.4, -0.2) is 34.7 Å². The number of aliphatic hydroxyl groups excluding tert-OH is 1. The minimum atomic E-state index is -1.04. The summed E-state index contributed by atoms with van der Waals surface area (Å²) in [5.74, 6) is -1.33. The lowest BCUT2D eigenvalue weighted by atomic mass is 10.0. The quantitative estimate of drug-likeness (QED) is 0.383. The van der Waals surface area contributed by atoms with Crippen LogP contribution < -0.4 is 10.6 Å². The number of halogens is 1. The molecule has 0 aliphatic heterocycles. The molecule has 32 heavy (non-hydrogen) atoms. The second kappa shape index (κ2) is 10.9. The zero-order valence-electron chi connectivity index (χ0n) is 17.6. The number of hydrogen-bond donors (Lipinski definition) is 4. The van der Waals surface area contributed by atoms with Crippen molar-refractivity contribution in [3.05, 3.63) is 88.4 Å². The smallest absolute Gasteiger partial charge is 0.306 e. The molecule has 3 rings (SSSR count). The molecule has 3 aromatic rings. The van der Waals surface area contributed by atoms with Crippen LogP contribution in [-0.2, 0) is 11.3 Å². The minimum Gasteiger partial charge on any atom is -0.481 e. The van der Waals surface area contributed by atoms with Gasteiger partial charge >= 0.3 is 5.97 Å². The standard InChI is InChI=1S/C25H25ClN2O4/c1-16-12-19(11-10-18(16)14-27-15-20(29)13-23(30)31)28-25(32)22-9-5-8-21(24(22)26)17-6-3-2-4-7-17/h2-12,20,27,29H,13-15H2,1H3,(H,28,32)(H,30,31). The van der Waals surface area contributed by atoms with Crippen molar-refractivity contribution < 1.29 is 19.8 Å². The summed E-state index contributed by atoms with van der Waals surface area (Å²) < 4.78 is 0. The van der Waals surface area contributed by atoms with Gasteiger partial charge < -0.3 is 20.8 Å². The Hall–Kier alpha value is -3.19. The molecule has 6 nitrogen and oxygen atoms in total. The van der Waals surface area contributed by atoms with Crippen molar-refractivity contribution in [3.63, 3.8) is 0 Å². The van der Waals surface area contributed by atoms with Crippen LogP contribution in [0.15, 0.2) is 66.7 Å². The molecule has 3 aromatic carbocycles. The molecule has 1 amide bonds. The number of aliphatic hydroxyl groups is 1. The predicted octanol–water partition coefficient (Wildman–Crippen LogP) is 4.49. The summed E-state index contributed by atoms with van der Waals surface area (Å²) in [6.45, 7) is 2.57. The fraction of sp³-hybridized carbons (Fsp3) is 0.200. The van der Waals surface area contributed by atoms with Gasteiger partial charge in [-0.05, 0) is 41.8 Å². The van der Waals surface area contributed by atoms with Crippen molar-refractivity contribution in [1.29, 1.82) is 0 Å². The largest absolute Gasteiger partial charge is 0.481 e. The second-order valence-corrected chi connectivity index (χ2v) is 7.89. The van der Waals surface area contributed by atoms with E-state index >= 15 is 0 Å². The summed E-state index contributed by atoms with van der Waals surface area (Å²) in [6.07, 6.45) is -1.24. The molecule has 166 valence electrons. The maximum Gasteiger partial charge on any atom is 0.306 e. The zero-order chi connectivity index (χ0) is 23.1. The summed E-state index contributed by atoms with van der Waals surface area (Å²) in [5, 5.41) is 24.7. The number of nitrogens with one attached hydrogen (secondary N) is 2. The van der Waals surface area contributed by atoms with Gasteiger partial charge in [0.05, 0.1) is 23.1 Å². The first-order valence-corrected chi connectivity index (χ1v) is 10.6. The number of carboxylic acid groups (broad SMARTS) is 1. The van der Waals surface area contributed by atoms with Gasteiger partial charge in [-0.15, -0.1) is 0 Å². The molecule has 0 aliphatic rings. The molecule has 0 fully saturated rings. The van der Waals surface area contributed by atoms with E-state index in [2.05, 4.69) is 10.6 Å². The van der Waals surface area contributed by atoms with Crippen molar-refractivity contribution in [1.82, 2.24) is 5.32 Å². The van der Waals surface area contributed by atoms with Gasteiger partial charge in [0, 0.05) is 24.3 Å². The number of aliphatic carboxylic acids is 1. The third-order valence-corrected chi connectivity index (χ3v) is 5.44. The molecule has 4 N–H and O–H groups in total. The van der Waals surface area contributed by atoms with Gasteiger partial charge in [0.1, 0.15) is 0 Å². The Morgan fingerprint density at radius 2 is 1.78 bits per heavy atom. The van der Waals surface area contributed by atoms with E-state index in [1.54, 1.807) is 12.1 Å². The van der Waals surface area contributed by atoms with E-state index in [1.807, 2.05) is 61.5 Å². The van der Waals surface area contributed by atoms with Crippen LogP contribution in [0.4, 0.5) is 5.69 Å². The number of hydrogen-bond acceptors (Lipinski definition) is 4. The zero-order valence-corrected chi connectivity index (χ0v) is 18.4. The summed E-state index contributed by atoms with van der Waals surface area (Å²) in [6, 6.07) is 20.6. The number of anilines is 1. The highest BCUT2D eigenvalue weighted by Crippen LogP contribution is 2.31. The lowest BCUT2D eigenvalue weighted by Gasteiger charge is -2.14. The third-order valence-electron chi connectivity index (χ3n) is 5.03. The van der Waals surface area contributed by atoms with E-state index in [1.165, 1.54) is 0 Å². The Balaban J connectivity index is 1.66. The van der Waals surface area contributed by atoms with Gasteiger partial charge in [-0.25, -0.2) is 0 Å². The molecule has 0 aromatic heterocycles. The molecule has 0 radical (unpaired) electrons. The number of carbonyl (C=O) groups is 2. The number of benzene rings is 3. The topological polar surface area (TPSA) is 98.7 Å². The molecule has 0 spiro atoms. The fourth-order valence-electron chi connectivity index (χ4n) is 3.37. The maximum absolute atomic E-state index is 12.9. The monoisotopic (exact) mass is 452 g/mol. The number of carboxylic acids is 1. The van der Waals surface area contributed by atoms with E-state index < -0.39 is 12.1 Å². The molecular weight excluding hydrogens is 428 g/mol. The first-order valence-electron chi connectivity index (χ1n) is 10.2. The average molecular weight is 453 g/mol. The van der Waals surface area contributed by atoms with Crippen LogP contribution >= 0.6 is 11.6 Å². The Bertz CT molecular complexity index is 1100. The van der Waals surface area contributed by atoms with Crippen LogP contribution in [0.2, 0.25) is 5.02 Å². The molecule has 0 heterocycles. The second-order valence-electron chi connectivity index (χ2n) is 7.51. The number of carbonyl (C=O) groups excluding carboxylic acids is 1. The Morgan fingerprint density at radius 1 is 1.03 bits per heavy atom. The highest BCUT2D eigenvalue weighted by Gasteiger charge is 2.15. The molecule has 1 atom stereocenters. The minimum absolute atomic E-state index is 0.181. The van der Waals surface area contributed by atoms with Crippen molar-refractivity contribution in [2.45, 2.75) is 26.0 Å². The lowest BCUT2D eigenvalue weighted by Crippen LogP contribution is -2.28.